The normalized spacial score (nSPS) is 11.1. The number of nitrogens with one attached hydrogen (secondary N) is 1. The van der Waals surface area contributed by atoms with Gasteiger partial charge in [0, 0.05) is 30.1 Å². The third-order valence-electron chi connectivity index (χ3n) is 4.30. The number of hydrogen-bond donors (Lipinski definition) is 2. The van der Waals surface area contributed by atoms with E-state index in [4.69, 9.17) is 0 Å². The number of carbonyl (C=O) groups is 1. The molecule has 7 nitrogen and oxygen atoms in total. The molecular formula is C19H21FN4O3. The number of benzene rings is 1. The lowest BCUT2D eigenvalue weighted by Gasteiger charge is -2.07. The summed E-state index contributed by atoms with van der Waals surface area (Å²) < 4.78 is 15.8. The van der Waals surface area contributed by atoms with Crippen LogP contribution in [0.5, 0.6) is 0 Å². The molecule has 0 aliphatic carbocycles. The Balaban J connectivity index is 1.99. The third-order valence-corrected chi connectivity index (χ3v) is 4.30. The molecule has 142 valence electrons. The molecule has 2 aromatic heterocycles. The summed E-state index contributed by atoms with van der Waals surface area (Å²) in [6.07, 6.45) is 4.88. The van der Waals surface area contributed by atoms with Crippen LogP contribution in [0.3, 0.4) is 0 Å². The van der Waals surface area contributed by atoms with Crippen molar-refractivity contribution in [3.63, 3.8) is 0 Å². The van der Waals surface area contributed by atoms with Crippen molar-refractivity contribution in [3.05, 3.63) is 58.4 Å². The zero-order valence-corrected chi connectivity index (χ0v) is 15.0. The first-order valence-corrected chi connectivity index (χ1v) is 8.79. The van der Waals surface area contributed by atoms with Crippen LogP contribution >= 0.6 is 0 Å². The predicted octanol–water partition coefficient (Wildman–Crippen LogP) is 1.71. The largest absolute Gasteiger partial charge is 0.392 e. The van der Waals surface area contributed by atoms with Gasteiger partial charge in [0.25, 0.3) is 5.56 Å². The molecule has 3 aromatic rings. The molecule has 2 N–H and O–H groups in total. The van der Waals surface area contributed by atoms with Gasteiger partial charge in [0.2, 0.25) is 5.91 Å². The molecule has 0 atom stereocenters. The minimum atomic E-state index is -0.423. The van der Waals surface area contributed by atoms with Crippen molar-refractivity contribution in [2.75, 3.05) is 6.54 Å². The lowest BCUT2D eigenvalue weighted by atomic mass is 10.1. The number of hydrogen-bond acceptors (Lipinski definition) is 4. The fourth-order valence-electron chi connectivity index (χ4n) is 2.88. The highest BCUT2D eigenvalue weighted by Gasteiger charge is 2.18. The Labute approximate surface area is 155 Å². The predicted molar refractivity (Wildman–Crippen MR) is 98.7 cm³/mol. The lowest BCUT2D eigenvalue weighted by Crippen LogP contribution is -2.33. The molecule has 0 fully saturated rings. The Kier molecular flexibility index (Phi) is 5.66. The topological polar surface area (TPSA) is 88.6 Å². The number of aliphatic hydroxyl groups is 1. The number of amides is 1. The molecule has 0 saturated carbocycles. The highest BCUT2D eigenvalue weighted by Crippen LogP contribution is 2.25. The second-order valence-electron chi connectivity index (χ2n) is 6.22. The SMILES string of the molecule is CCCCNC(=O)Cn1ccn2nc(-c3ccc(F)cc3)c(CO)c2c1=O. The van der Waals surface area contributed by atoms with Gasteiger partial charge >= 0.3 is 0 Å². The maximum Gasteiger partial charge on any atom is 0.277 e. The van der Waals surface area contributed by atoms with E-state index in [1.165, 1.54) is 39.5 Å². The molecular weight excluding hydrogens is 351 g/mol. The fraction of sp³-hybridized carbons (Fsp3) is 0.316. The van der Waals surface area contributed by atoms with Gasteiger partial charge in [0.05, 0.1) is 12.3 Å². The quantitative estimate of drug-likeness (QED) is 0.618. The van der Waals surface area contributed by atoms with Crippen molar-refractivity contribution in [3.8, 4) is 11.3 Å². The van der Waals surface area contributed by atoms with Crippen LogP contribution in [0.1, 0.15) is 25.3 Å². The van der Waals surface area contributed by atoms with Gasteiger partial charge in [-0.2, -0.15) is 5.10 Å². The van der Waals surface area contributed by atoms with Crippen molar-refractivity contribution in [1.29, 1.82) is 0 Å². The zero-order valence-electron chi connectivity index (χ0n) is 15.0. The molecule has 1 aromatic carbocycles. The summed E-state index contributed by atoms with van der Waals surface area (Å²) >= 11 is 0. The van der Waals surface area contributed by atoms with E-state index in [1.54, 1.807) is 6.20 Å². The van der Waals surface area contributed by atoms with E-state index in [0.717, 1.165) is 12.8 Å². The van der Waals surface area contributed by atoms with Gasteiger partial charge in [0.1, 0.15) is 17.9 Å². The van der Waals surface area contributed by atoms with Crippen molar-refractivity contribution in [2.45, 2.75) is 32.9 Å². The zero-order chi connectivity index (χ0) is 19.4. The summed E-state index contributed by atoms with van der Waals surface area (Å²) in [7, 11) is 0. The van der Waals surface area contributed by atoms with E-state index >= 15 is 0 Å². The first kappa shape index (κ1) is 18.8. The highest BCUT2D eigenvalue weighted by molar-refractivity contribution is 5.76. The minimum absolute atomic E-state index is 0.110. The number of aliphatic hydroxyl groups excluding tert-OH is 1. The molecule has 0 radical (unpaired) electrons. The van der Waals surface area contributed by atoms with Crippen LogP contribution in [-0.4, -0.2) is 31.7 Å². The molecule has 0 saturated heterocycles. The van der Waals surface area contributed by atoms with Gasteiger partial charge < -0.3 is 15.0 Å². The molecule has 8 heteroatoms. The van der Waals surface area contributed by atoms with Crippen LogP contribution in [0.4, 0.5) is 4.39 Å². The second-order valence-corrected chi connectivity index (χ2v) is 6.22. The van der Waals surface area contributed by atoms with E-state index < -0.39 is 12.2 Å². The Bertz CT molecular complexity index is 1010. The molecule has 3 rings (SSSR count). The number of fused-ring (bicyclic) bond motifs is 1. The van der Waals surface area contributed by atoms with Crippen LogP contribution in [-0.2, 0) is 17.9 Å². The first-order chi connectivity index (χ1) is 13.0. The summed E-state index contributed by atoms with van der Waals surface area (Å²) in [5.41, 5.74) is 1.10. The van der Waals surface area contributed by atoms with Crippen LogP contribution in [0.15, 0.2) is 41.5 Å². The van der Waals surface area contributed by atoms with Gasteiger partial charge in [-0.3, -0.25) is 9.59 Å². The second kappa shape index (κ2) is 8.13. The number of unbranched alkanes of at least 4 members (excludes halogenated alkanes) is 1. The molecule has 2 heterocycles. The molecule has 27 heavy (non-hydrogen) atoms. The Morgan fingerprint density at radius 1 is 1.26 bits per heavy atom. The Morgan fingerprint density at radius 2 is 2.00 bits per heavy atom. The number of rotatable bonds is 7. The van der Waals surface area contributed by atoms with E-state index in [2.05, 4.69) is 10.4 Å². The van der Waals surface area contributed by atoms with Crippen molar-refractivity contribution in [1.82, 2.24) is 19.5 Å². The van der Waals surface area contributed by atoms with E-state index in [1.807, 2.05) is 6.92 Å². The van der Waals surface area contributed by atoms with E-state index in [0.29, 0.717) is 23.4 Å². The van der Waals surface area contributed by atoms with Crippen LogP contribution in [0.2, 0.25) is 0 Å². The number of carbonyl (C=O) groups excluding carboxylic acids is 1. The molecule has 0 spiro atoms. The van der Waals surface area contributed by atoms with Crippen LogP contribution in [0.25, 0.3) is 16.8 Å². The van der Waals surface area contributed by atoms with Crippen molar-refractivity contribution in [2.24, 2.45) is 0 Å². The van der Waals surface area contributed by atoms with Gasteiger partial charge in [-0.05, 0) is 30.7 Å². The van der Waals surface area contributed by atoms with Gasteiger partial charge in [0.15, 0.2) is 0 Å². The van der Waals surface area contributed by atoms with E-state index in [9.17, 15) is 19.1 Å². The molecule has 0 unspecified atom stereocenters. The number of aromatic nitrogens is 3. The molecule has 0 aliphatic rings. The summed E-state index contributed by atoms with van der Waals surface area (Å²) in [5, 5.41) is 16.9. The summed E-state index contributed by atoms with van der Waals surface area (Å²) in [6, 6.07) is 5.66. The van der Waals surface area contributed by atoms with Gasteiger partial charge in [-0.25, -0.2) is 8.91 Å². The number of halogens is 1. The standard InChI is InChI=1S/C19H21FN4O3/c1-2-3-8-21-16(26)11-23-9-10-24-18(19(23)27)15(12-25)17(22-24)13-4-6-14(20)7-5-13/h4-7,9-10,25H,2-3,8,11-12H2,1H3,(H,21,26). The first-order valence-electron chi connectivity index (χ1n) is 8.79. The Hall–Kier alpha value is -3.00. The minimum Gasteiger partial charge on any atom is -0.392 e. The molecule has 0 aliphatic heterocycles. The summed E-state index contributed by atoms with van der Waals surface area (Å²) in [4.78, 5) is 24.8. The average molecular weight is 372 g/mol. The average Bonchev–Trinajstić information content (AvgIpc) is 3.04. The molecule has 1 amide bonds. The third kappa shape index (κ3) is 3.90. The van der Waals surface area contributed by atoms with Gasteiger partial charge in [-0.1, -0.05) is 13.3 Å². The van der Waals surface area contributed by atoms with Crippen molar-refractivity contribution < 1.29 is 14.3 Å². The van der Waals surface area contributed by atoms with Gasteiger partial charge in [-0.15, -0.1) is 0 Å². The lowest BCUT2D eigenvalue weighted by molar-refractivity contribution is -0.121. The molecule has 0 bridgehead atoms. The van der Waals surface area contributed by atoms with Crippen molar-refractivity contribution >= 4 is 11.4 Å². The maximum absolute atomic E-state index is 13.2. The fourth-order valence-corrected chi connectivity index (χ4v) is 2.88. The summed E-state index contributed by atoms with van der Waals surface area (Å²) in [6.45, 7) is 2.08. The summed E-state index contributed by atoms with van der Waals surface area (Å²) in [5.74, 6) is -0.636. The highest BCUT2D eigenvalue weighted by atomic mass is 19.1. The monoisotopic (exact) mass is 372 g/mol. The Morgan fingerprint density at radius 3 is 2.67 bits per heavy atom. The number of nitrogens with zero attached hydrogens (tertiary/aromatic N) is 3. The smallest absolute Gasteiger partial charge is 0.277 e. The van der Waals surface area contributed by atoms with Crippen LogP contribution in [0, 0.1) is 5.82 Å². The van der Waals surface area contributed by atoms with Crippen LogP contribution < -0.4 is 10.9 Å². The maximum atomic E-state index is 13.2. The van der Waals surface area contributed by atoms with E-state index in [-0.39, 0.29) is 23.8 Å².